The summed E-state index contributed by atoms with van der Waals surface area (Å²) in [5, 5.41) is 10.7. The number of hydrogen-bond donors (Lipinski definition) is 1. The Labute approximate surface area is 189 Å². The lowest BCUT2D eigenvalue weighted by Crippen LogP contribution is -2.42. The number of piperidine rings is 1. The molecule has 0 unspecified atom stereocenters. The molecular weight excluding hydrogens is 430 g/mol. The monoisotopic (exact) mass is 461 g/mol. The summed E-state index contributed by atoms with van der Waals surface area (Å²) < 4.78 is 23.7. The van der Waals surface area contributed by atoms with Crippen LogP contribution in [-0.2, 0) is 16.4 Å². The molecule has 1 aromatic heterocycles. The first-order valence-electron chi connectivity index (χ1n) is 10.9. The van der Waals surface area contributed by atoms with Crippen molar-refractivity contribution >= 4 is 27.4 Å². The van der Waals surface area contributed by atoms with Crippen LogP contribution >= 0.6 is 11.8 Å². The number of aliphatic hydroxyl groups excluding tert-OH is 1. The van der Waals surface area contributed by atoms with Crippen molar-refractivity contribution in [2.24, 2.45) is 11.3 Å². The number of benzene rings is 1. The van der Waals surface area contributed by atoms with Gasteiger partial charge in [0.2, 0.25) is 0 Å². The minimum absolute atomic E-state index is 0.169. The number of aliphatic hydroxyl groups is 1. The van der Waals surface area contributed by atoms with Crippen LogP contribution in [0.2, 0.25) is 0 Å². The van der Waals surface area contributed by atoms with E-state index >= 15 is 0 Å². The van der Waals surface area contributed by atoms with E-state index in [0.29, 0.717) is 16.1 Å². The smallest absolute Gasteiger partial charge is 0.175 e. The summed E-state index contributed by atoms with van der Waals surface area (Å²) in [6.45, 7) is 6.06. The lowest BCUT2D eigenvalue weighted by atomic mass is 9.71. The second-order valence-electron chi connectivity index (χ2n) is 9.03. The van der Waals surface area contributed by atoms with Crippen molar-refractivity contribution in [3.05, 3.63) is 35.7 Å². The van der Waals surface area contributed by atoms with Crippen LogP contribution in [0.25, 0.3) is 0 Å². The Bertz CT molecular complexity index is 1060. The highest BCUT2D eigenvalue weighted by Crippen LogP contribution is 2.50. The van der Waals surface area contributed by atoms with Gasteiger partial charge in [-0.05, 0) is 55.7 Å². The predicted octanol–water partition coefficient (Wildman–Crippen LogP) is 4.24. The number of nitrogens with zero attached hydrogens (tertiary/aromatic N) is 3. The van der Waals surface area contributed by atoms with Gasteiger partial charge in [0.25, 0.3) is 0 Å². The second kappa shape index (κ2) is 8.71. The highest BCUT2D eigenvalue weighted by Gasteiger charge is 2.42. The summed E-state index contributed by atoms with van der Waals surface area (Å²) in [5.41, 5.74) is 1.86. The standard InChI is InChI=1S/C23H31N3O3S2/c1-16-6-5-9-23(16)10-12-26(13-11-23)21-20(15-27)25-22(17(2)24-21)30-18-7-4-8-19(14-18)31(3,28)29/h4,7-8,14,16,27H,5-6,9-13,15H2,1-3H3/t16-/m1/s1. The maximum atomic E-state index is 11.9. The summed E-state index contributed by atoms with van der Waals surface area (Å²) in [7, 11) is -3.27. The molecule has 1 saturated carbocycles. The minimum Gasteiger partial charge on any atom is -0.390 e. The summed E-state index contributed by atoms with van der Waals surface area (Å²) in [6, 6.07) is 6.84. The van der Waals surface area contributed by atoms with Crippen molar-refractivity contribution in [3.63, 3.8) is 0 Å². The van der Waals surface area contributed by atoms with E-state index in [1.54, 1.807) is 18.2 Å². The van der Waals surface area contributed by atoms with Crippen LogP contribution in [0.15, 0.2) is 39.1 Å². The molecule has 0 bridgehead atoms. The minimum atomic E-state index is -3.27. The van der Waals surface area contributed by atoms with Gasteiger partial charge in [0.1, 0.15) is 10.7 Å². The van der Waals surface area contributed by atoms with Crippen molar-refractivity contribution in [1.29, 1.82) is 0 Å². The van der Waals surface area contributed by atoms with Crippen LogP contribution in [0.4, 0.5) is 5.82 Å². The van der Waals surface area contributed by atoms with E-state index in [1.807, 2.05) is 13.0 Å². The number of rotatable bonds is 5. The molecular formula is C23H31N3O3S2. The third-order valence-corrected chi connectivity index (χ3v) is 9.27. The van der Waals surface area contributed by atoms with Crippen LogP contribution in [0.1, 0.15) is 50.4 Å². The normalized spacial score (nSPS) is 21.0. The Kier molecular flexibility index (Phi) is 6.34. The quantitative estimate of drug-likeness (QED) is 0.713. The summed E-state index contributed by atoms with van der Waals surface area (Å²) >= 11 is 1.38. The van der Waals surface area contributed by atoms with Gasteiger partial charge in [-0.2, -0.15) is 0 Å². The van der Waals surface area contributed by atoms with E-state index in [2.05, 4.69) is 11.8 Å². The molecule has 1 spiro atoms. The van der Waals surface area contributed by atoms with E-state index < -0.39 is 9.84 Å². The fraction of sp³-hybridized carbons (Fsp3) is 0.565. The number of hydrogen-bond acceptors (Lipinski definition) is 7. The van der Waals surface area contributed by atoms with Gasteiger partial charge in [-0.1, -0.05) is 37.6 Å². The van der Waals surface area contributed by atoms with Crippen LogP contribution < -0.4 is 4.90 Å². The lowest BCUT2D eigenvalue weighted by Gasteiger charge is -2.43. The summed E-state index contributed by atoms with van der Waals surface area (Å²) in [4.78, 5) is 12.9. The molecule has 168 valence electrons. The van der Waals surface area contributed by atoms with Crippen LogP contribution in [0.3, 0.4) is 0 Å². The van der Waals surface area contributed by atoms with Crippen molar-refractivity contribution in [1.82, 2.24) is 9.97 Å². The van der Waals surface area contributed by atoms with Crippen molar-refractivity contribution in [2.75, 3.05) is 24.2 Å². The summed E-state index contributed by atoms with van der Waals surface area (Å²) in [5.74, 6) is 1.58. The zero-order valence-corrected chi connectivity index (χ0v) is 20.1. The van der Waals surface area contributed by atoms with Crippen molar-refractivity contribution in [2.45, 2.75) is 67.4 Å². The van der Waals surface area contributed by atoms with Gasteiger partial charge >= 0.3 is 0 Å². The van der Waals surface area contributed by atoms with Gasteiger partial charge in [-0.25, -0.2) is 18.4 Å². The van der Waals surface area contributed by atoms with Gasteiger partial charge in [-0.3, -0.25) is 0 Å². The van der Waals surface area contributed by atoms with E-state index in [-0.39, 0.29) is 11.5 Å². The topological polar surface area (TPSA) is 83.4 Å². The second-order valence-corrected chi connectivity index (χ2v) is 12.1. The molecule has 1 aliphatic carbocycles. The molecule has 0 amide bonds. The predicted molar refractivity (Wildman–Crippen MR) is 123 cm³/mol. The molecule has 1 saturated heterocycles. The maximum Gasteiger partial charge on any atom is 0.175 e. The van der Waals surface area contributed by atoms with Crippen LogP contribution in [0, 0.1) is 18.3 Å². The van der Waals surface area contributed by atoms with Gasteiger partial charge in [0.15, 0.2) is 15.7 Å². The van der Waals surface area contributed by atoms with Gasteiger partial charge < -0.3 is 10.0 Å². The summed E-state index contributed by atoms with van der Waals surface area (Å²) in [6.07, 6.45) is 7.57. The third kappa shape index (κ3) is 4.61. The molecule has 8 heteroatoms. The van der Waals surface area contributed by atoms with Crippen LogP contribution in [-0.4, -0.2) is 42.8 Å². The van der Waals surface area contributed by atoms with E-state index in [0.717, 1.165) is 35.4 Å². The Morgan fingerprint density at radius 2 is 1.97 bits per heavy atom. The molecule has 1 N–H and O–H groups in total. The first-order valence-corrected chi connectivity index (χ1v) is 13.6. The Balaban J connectivity index is 1.56. The first kappa shape index (κ1) is 22.6. The first-order chi connectivity index (χ1) is 14.7. The number of aromatic nitrogens is 2. The maximum absolute atomic E-state index is 11.9. The molecule has 2 aromatic rings. The van der Waals surface area contributed by atoms with Gasteiger partial charge in [0.05, 0.1) is 17.2 Å². The fourth-order valence-electron chi connectivity index (χ4n) is 5.08. The van der Waals surface area contributed by atoms with E-state index in [4.69, 9.17) is 9.97 Å². The molecule has 2 fully saturated rings. The van der Waals surface area contributed by atoms with Crippen molar-refractivity contribution in [3.8, 4) is 0 Å². The van der Waals surface area contributed by atoms with E-state index in [9.17, 15) is 13.5 Å². The molecule has 4 rings (SSSR count). The molecule has 2 heterocycles. The highest BCUT2D eigenvalue weighted by molar-refractivity contribution is 7.99. The van der Waals surface area contributed by atoms with Gasteiger partial charge in [-0.15, -0.1) is 0 Å². The average molecular weight is 462 g/mol. The molecule has 6 nitrogen and oxygen atoms in total. The molecule has 1 aliphatic heterocycles. The Hall–Kier alpha value is -1.64. The zero-order chi connectivity index (χ0) is 22.2. The van der Waals surface area contributed by atoms with Crippen LogP contribution in [0.5, 0.6) is 0 Å². The SMILES string of the molecule is Cc1nc(N2CCC3(CCC[C@H]3C)CC2)c(CO)nc1Sc1cccc(S(C)(=O)=O)c1. The van der Waals surface area contributed by atoms with E-state index in [1.165, 1.54) is 50.1 Å². The molecule has 1 aromatic carbocycles. The molecule has 31 heavy (non-hydrogen) atoms. The lowest BCUT2D eigenvalue weighted by molar-refractivity contribution is 0.161. The average Bonchev–Trinajstić information content (AvgIpc) is 3.09. The van der Waals surface area contributed by atoms with Crippen molar-refractivity contribution < 1.29 is 13.5 Å². The Morgan fingerprint density at radius 3 is 2.58 bits per heavy atom. The fourth-order valence-corrected chi connectivity index (χ4v) is 6.73. The molecule has 1 atom stereocenters. The molecule has 0 radical (unpaired) electrons. The number of sulfone groups is 1. The Morgan fingerprint density at radius 1 is 1.23 bits per heavy atom. The molecule has 2 aliphatic rings. The third-order valence-electron chi connectivity index (χ3n) is 7.09. The number of aryl methyl sites for hydroxylation is 1. The number of anilines is 1. The van der Waals surface area contributed by atoms with Gasteiger partial charge in [0, 0.05) is 24.2 Å². The highest BCUT2D eigenvalue weighted by atomic mass is 32.2. The zero-order valence-electron chi connectivity index (χ0n) is 18.5. The largest absolute Gasteiger partial charge is 0.390 e.